The molecular formula is C25H29BrF3N5O. The summed E-state index contributed by atoms with van der Waals surface area (Å²) >= 11 is 3.20. The molecule has 0 atom stereocenters. The molecule has 0 bridgehead atoms. The Bertz CT molecular complexity index is 1150. The molecule has 0 unspecified atom stereocenters. The van der Waals surface area contributed by atoms with Gasteiger partial charge in [0.2, 0.25) is 5.95 Å². The fourth-order valence-electron chi connectivity index (χ4n) is 4.46. The molecular weight excluding hydrogens is 523 g/mol. The average Bonchev–Trinajstić information content (AvgIpc) is 2.80. The molecule has 35 heavy (non-hydrogen) atoms. The third-order valence-corrected chi connectivity index (χ3v) is 6.68. The molecule has 6 nitrogen and oxygen atoms in total. The minimum Gasteiger partial charge on any atom is -0.405 e. The standard InChI is InChI=1S/C25H29BrF3N5O/c1-34(2)23-20-5-3-4-6-21(20)32-24(33-23)31-19-11-7-16(8-12-19)14-30-15-17-9-10-18(26)13-22(17)35-25(27,28)29/h3-6,9-10,13,16,19,30H,7-8,11-12,14-15H2,1-2H3,(H,31,32,33)/t16-,19-. The first kappa shape index (κ1) is 25.5. The average molecular weight is 552 g/mol. The lowest BCUT2D eigenvalue weighted by Crippen LogP contribution is -2.32. The largest absolute Gasteiger partial charge is 0.573 e. The van der Waals surface area contributed by atoms with Crippen LogP contribution in [0.5, 0.6) is 5.75 Å². The minimum atomic E-state index is -4.72. The zero-order valence-electron chi connectivity index (χ0n) is 19.7. The molecule has 2 N–H and O–H groups in total. The van der Waals surface area contributed by atoms with Gasteiger partial charge in [-0.1, -0.05) is 34.1 Å². The van der Waals surface area contributed by atoms with Crippen molar-refractivity contribution in [2.24, 2.45) is 5.92 Å². The summed E-state index contributed by atoms with van der Waals surface area (Å²) < 4.78 is 42.9. The van der Waals surface area contributed by atoms with Gasteiger partial charge in [0, 0.05) is 42.1 Å². The van der Waals surface area contributed by atoms with Gasteiger partial charge in [-0.3, -0.25) is 0 Å². The summed E-state index contributed by atoms with van der Waals surface area (Å²) in [5.74, 6) is 1.81. The summed E-state index contributed by atoms with van der Waals surface area (Å²) in [6, 6.07) is 13.0. The highest BCUT2D eigenvalue weighted by atomic mass is 79.9. The number of ether oxygens (including phenoxy) is 1. The summed E-state index contributed by atoms with van der Waals surface area (Å²) in [5.41, 5.74) is 1.39. The molecule has 0 amide bonds. The van der Waals surface area contributed by atoms with Crippen molar-refractivity contribution in [1.29, 1.82) is 0 Å². The summed E-state index contributed by atoms with van der Waals surface area (Å²) in [6.45, 7) is 1.06. The van der Waals surface area contributed by atoms with Crippen LogP contribution in [0.2, 0.25) is 0 Å². The predicted molar refractivity (Wildman–Crippen MR) is 136 cm³/mol. The Kier molecular flexibility index (Phi) is 8.01. The van der Waals surface area contributed by atoms with Gasteiger partial charge in [-0.25, -0.2) is 4.98 Å². The lowest BCUT2D eigenvalue weighted by atomic mass is 9.86. The van der Waals surface area contributed by atoms with E-state index < -0.39 is 6.36 Å². The molecule has 1 aromatic heterocycles. The maximum Gasteiger partial charge on any atom is 0.573 e. The van der Waals surface area contributed by atoms with E-state index in [1.165, 1.54) is 6.07 Å². The van der Waals surface area contributed by atoms with Gasteiger partial charge in [-0.2, -0.15) is 4.98 Å². The molecule has 1 aliphatic carbocycles. The molecule has 1 aliphatic rings. The number of hydrogen-bond acceptors (Lipinski definition) is 6. The van der Waals surface area contributed by atoms with Gasteiger partial charge in [0.25, 0.3) is 0 Å². The van der Waals surface area contributed by atoms with Gasteiger partial charge < -0.3 is 20.3 Å². The van der Waals surface area contributed by atoms with Crippen LogP contribution in [0.4, 0.5) is 24.9 Å². The van der Waals surface area contributed by atoms with E-state index in [2.05, 4.69) is 31.3 Å². The van der Waals surface area contributed by atoms with Gasteiger partial charge in [0.1, 0.15) is 11.6 Å². The summed E-state index contributed by atoms with van der Waals surface area (Å²) in [4.78, 5) is 11.4. The van der Waals surface area contributed by atoms with Crippen LogP contribution < -0.4 is 20.3 Å². The molecule has 1 fully saturated rings. The van der Waals surface area contributed by atoms with Crippen molar-refractivity contribution in [2.45, 2.75) is 44.6 Å². The van der Waals surface area contributed by atoms with E-state index in [-0.39, 0.29) is 5.75 Å². The first-order chi connectivity index (χ1) is 16.7. The van der Waals surface area contributed by atoms with Gasteiger partial charge in [0.15, 0.2) is 0 Å². The van der Waals surface area contributed by atoms with Crippen LogP contribution in [0.15, 0.2) is 46.9 Å². The molecule has 0 spiro atoms. The Morgan fingerprint density at radius 2 is 1.80 bits per heavy atom. The molecule has 3 aromatic rings. The van der Waals surface area contributed by atoms with Crippen LogP contribution in [-0.2, 0) is 6.54 Å². The van der Waals surface area contributed by atoms with E-state index >= 15 is 0 Å². The molecule has 1 heterocycles. The monoisotopic (exact) mass is 551 g/mol. The van der Waals surface area contributed by atoms with Gasteiger partial charge >= 0.3 is 6.36 Å². The van der Waals surface area contributed by atoms with Crippen molar-refractivity contribution < 1.29 is 17.9 Å². The maximum atomic E-state index is 12.7. The normalized spacial score (nSPS) is 18.5. The zero-order chi connectivity index (χ0) is 25.0. The lowest BCUT2D eigenvalue weighted by molar-refractivity contribution is -0.274. The Labute approximate surface area is 211 Å². The van der Waals surface area contributed by atoms with E-state index in [0.717, 1.165) is 48.9 Å². The van der Waals surface area contributed by atoms with Crippen molar-refractivity contribution in [3.05, 3.63) is 52.5 Å². The molecule has 0 radical (unpaired) electrons. The van der Waals surface area contributed by atoms with Crippen LogP contribution in [0.25, 0.3) is 10.9 Å². The van der Waals surface area contributed by atoms with Crippen molar-refractivity contribution in [1.82, 2.24) is 15.3 Å². The van der Waals surface area contributed by atoms with Crippen LogP contribution in [0, 0.1) is 5.92 Å². The first-order valence-corrected chi connectivity index (χ1v) is 12.4. The first-order valence-electron chi connectivity index (χ1n) is 11.6. The van der Waals surface area contributed by atoms with Crippen molar-refractivity contribution in [2.75, 3.05) is 30.9 Å². The number of benzene rings is 2. The summed E-state index contributed by atoms with van der Waals surface area (Å²) in [5, 5.41) is 7.84. The molecule has 10 heteroatoms. The van der Waals surface area contributed by atoms with Crippen LogP contribution >= 0.6 is 15.9 Å². The Morgan fingerprint density at radius 3 is 2.51 bits per heavy atom. The van der Waals surface area contributed by atoms with E-state index in [1.54, 1.807) is 12.1 Å². The Morgan fingerprint density at radius 1 is 1.06 bits per heavy atom. The minimum absolute atomic E-state index is 0.181. The molecule has 0 aliphatic heterocycles. The number of anilines is 2. The fourth-order valence-corrected chi connectivity index (χ4v) is 4.80. The second-order valence-corrected chi connectivity index (χ2v) is 9.99. The van der Waals surface area contributed by atoms with Crippen LogP contribution in [0.1, 0.15) is 31.2 Å². The highest BCUT2D eigenvalue weighted by Gasteiger charge is 2.32. The number of alkyl halides is 3. The number of para-hydroxylation sites is 1. The van der Waals surface area contributed by atoms with Gasteiger partial charge in [0.05, 0.1) is 5.52 Å². The third kappa shape index (κ3) is 6.98. The molecule has 4 rings (SSSR count). The van der Waals surface area contributed by atoms with Crippen molar-refractivity contribution in [3.63, 3.8) is 0 Å². The van der Waals surface area contributed by atoms with Crippen molar-refractivity contribution >= 4 is 38.6 Å². The summed E-state index contributed by atoms with van der Waals surface area (Å²) in [6.07, 6.45) is -0.708. The maximum absolute atomic E-state index is 12.7. The number of fused-ring (bicyclic) bond motifs is 1. The highest BCUT2D eigenvalue weighted by Crippen LogP contribution is 2.31. The van der Waals surface area contributed by atoms with Gasteiger partial charge in [-0.05, 0) is 62.4 Å². The number of halogens is 4. The van der Waals surface area contributed by atoms with E-state index in [9.17, 15) is 13.2 Å². The highest BCUT2D eigenvalue weighted by molar-refractivity contribution is 9.10. The second kappa shape index (κ2) is 11.0. The van der Waals surface area contributed by atoms with Crippen molar-refractivity contribution in [3.8, 4) is 5.75 Å². The van der Waals surface area contributed by atoms with E-state index in [0.29, 0.717) is 34.5 Å². The van der Waals surface area contributed by atoms with E-state index in [4.69, 9.17) is 9.97 Å². The summed E-state index contributed by atoms with van der Waals surface area (Å²) in [7, 11) is 3.95. The fraction of sp³-hybridized carbons (Fsp3) is 0.440. The quantitative estimate of drug-likeness (QED) is 0.351. The SMILES string of the molecule is CN(C)c1nc(N[C@H]2CC[C@H](CNCc3ccc(Br)cc3OC(F)(F)F)CC2)nc2ccccc12. The third-order valence-electron chi connectivity index (χ3n) is 6.19. The Hall–Kier alpha value is -2.59. The van der Waals surface area contributed by atoms with Crippen LogP contribution in [0.3, 0.4) is 0 Å². The molecule has 2 aromatic carbocycles. The molecule has 1 saturated carbocycles. The predicted octanol–water partition coefficient (Wildman–Crippen LogP) is 6.12. The number of rotatable bonds is 8. The smallest absolute Gasteiger partial charge is 0.405 e. The number of nitrogens with zero attached hydrogens (tertiary/aromatic N) is 3. The number of hydrogen-bond donors (Lipinski definition) is 2. The molecule has 188 valence electrons. The lowest BCUT2D eigenvalue weighted by Gasteiger charge is -2.29. The van der Waals surface area contributed by atoms with E-state index in [1.807, 2.05) is 43.3 Å². The Balaban J connectivity index is 1.29. The topological polar surface area (TPSA) is 62.3 Å². The molecule has 0 saturated heterocycles. The zero-order valence-corrected chi connectivity index (χ0v) is 21.3. The van der Waals surface area contributed by atoms with Gasteiger partial charge in [-0.15, -0.1) is 13.2 Å². The number of aromatic nitrogens is 2. The van der Waals surface area contributed by atoms with Crippen LogP contribution in [-0.4, -0.2) is 43.0 Å². The second-order valence-electron chi connectivity index (χ2n) is 9.08. The number of nitrogens with one attached hydrogen (secondary N) is 2.